The molecule has 0 rings (SSSR count). The molecule has 0 aromatic rings. The van der Waals surface area contributed by atoms with Gasteiger partial charge in [-0.15, -0.1) is 0 Å². The van der Waals surface area contributed by atoms with Gasteiger partial charge in [-0.1, -0.05) is 242 Å². The zero-order valence-electron chi connectivity index (χ0n) is 39.1. The Kier molecular flexibility index (Phi) is 48.3. The molecule has 0 aliphatic carbocycles. The summed E-state index contributed by atoms with van der Waals surface area (Å²) in [6.45, 7) is 4.28. The van der Waals surface area contributed by atoms with Crippen molar-refractivity contribution >= 4 is 5.91 Å². The standard InChI is InChI=1S/C54H101NO3/c1-3-5-7-9-11-13-15-17-19-20-21-22-23-24-25-26-27-28-29-30-31-32-33-34-35-36-38-40-42-44-46-48-50-54(58)55-52(51-56)53(57)49-47-45-43-41-39-37-18-16-14-12-10-8-6-4-2/h14,16,24-25,39,41,47,49,52-53,56-57H,3-13,15,17-23,26-38,40,42-46,48,50-51H2,1-2H3,(H,55,58)/b16-14+,25-24-,41-39+,49-47+. The number of allylic oxidation sites excluding steroid dienone is 7. The fraction of sp³-hybridized carbons (Fsp3) is 0.833. The topological polar surface area (TPSA) is 69.6 Å². The minimum Gasteiger partial charge on any atom is -0.394 e. The molecule has 0 aromatic heterocycles. The number of aliphatic hydroxyl groups is 2. The molecule has 0 fully saturated rings. The maximum Gasteiger partial charge on any atom is 0.220 e. The first-order chi connectivity index (χ1) is 28.7. The molecule has 0 aliphatic rings. The first-order valence-electron chi connectivity index (χ1n) is 25.9. The molecule has 0 heterocycles. The van der Waals surface area contributed by atoms with Crippen LogP contribution in [0, 0.1) is 0 Å². The third-order valence-electron chi connectivity index (χ3n) is 11.8. The summed E-state index contributed by atoms with van der Waals surface area (Å²) in [5.41, 5.74) is 0. The molecule has 0 spiro atoms. The van der Waals surface area contributed by atoms with E-state index in [0.717, 1.165) is 38.5 Å². The van der Waals surface area contributed by atoms with Crippen LogP contribution in [-0.2, 0) is 4.79 Å². The molecular weight excluding hydrogens is 711 g/mol. The lowest BCUT2D eigenvalue weighted by atomic mass is 10.0. The van der Waals surface area contributed by atoms with E-state index in [0.29, 0.717) is 6.42 Å². The van der Waals surface area contributed by atoms with Gasteiger partial charge in [-0.25, -0.2) is 0 Å². The fourth-order valence-corrected chi connectivity index (χ4v) is 7.79. The Morgan fingerprint density at radius 2 is 0.672 bits per heavy atom. The molecule has 0 saturated carbocycles. The summed E-state index contributed by atoms with van der Waals surface area (Å²) in [6.07, 6.45) is 68.4. The molecule has 4 heteroatoms. The van der Waals surface area contributed by atoms with Crippen LogP contribution in [0.3, 0.4) is 0 Å². The Morgan fingerprint density at radius 3 is 1.02 bits per heavy atom. The number of nitrogens with one attached hydrogen (secondary N) is 1. The van der Waals surface area contributed by atoms with Crippen molar-refractivity contribution in [3.63, 3.8) is 0 Å². The number of hydrogen-bond acceptors (Lipinski definition) is 3. The zero-order valence-corrected chi connectivity index (χ0v) is 39.1. The normalized spacial score (nSPS) is 13.2. The van der Waals surface area contributed by atoms with Crippen LogP contribution in [0.4, 0.5) is 0 Å². The van der Waals surface area contributed by atoms with E-state index in [-0.39, 0.29) is 12.5 Å². The van der Waals surface area contributed by atoms with Crippen molar-refractivity contribution < 1.29 is 15.0 Å². The van der Waals surface area contributed by atoms with Crippen LogP contribution in [0.1, 0.15) is 271 Å². The average molecular weight is 812 g/mol. The van der Waals surface area contributed by atoms with Gasteiger partial charge in [-0.3, -0.25) is 4.79 Å². The van der Waals surface area contributed by atoms with Crippen molar-refractivity contribution in [3.05, 3.63) is 48.6 Å². The molecular formula is C54H101NO3. The van der Waals surface area contributed by atoms with Gasteiger partial charge in [0.2, 0.25) is 5.91 Å². The highest BCUT2D eigenvalue weighted by Gasteiger charge is 2.17. The Hall–Kier alpha value is -1.65. The van der Waals surface area contributed by atoms with Crippen molar-refractivity contribution in [2.24, 2.45) is 0 Å². The largest absolute Gasteiger partial charge is 0.394 e. The summed E-state index contributed by atoms with van der Waals surface area (Å²) < 4.78 is 0. The average Bonchev–Trinajstić information content (AvgIpc) is 3.23. The van der Waals surface area contributed by atoms with E-state index < -0.39 is 12.1 Å². The van der Waals surface area contributed by atoms with Crippen LogP contribution < -0.4 is 5.32 Å². The second kappa shape index (κ2) is 49.7. The van der Waals surface area contributed by atoms with Gasteiger partial charge in [0.05, 0.1) is 18.8 Å². The summed E-state index contributed by atoms with van der Waals surface area (Å²) in [6, 6.07) is -0.644. The predicted molar refractivity (Wildman–Crippen MR) is 258 cm³/mol. The SMILES string of the molecule is CCCCCC/C=C/CC/C=C/CC/C=C/C(O)C(CO)NC(=O)CCCCCCCCCCCCCCCCCC/C=C\CCCCCCCCCCCCCC. The van der Waals surface area contributed by atoms with Crippen molar-refractivity contribution in [1.29, 1.82) is 0 Å². The highest BCUT2D eigenvalue weighted by atomic mass is 16.3. The Morgan fingerprint density at radius 1 is 0.397 bits per heavy atom. The number of unbranched alkanes of at least 4 members (excludes halogenated alkanes) is 34. The van der Waals surface area contributed by atoms with Crippen LogP contribution in [0.15, 0.2) is 48.6 Å². The maximum absolute atomic E-state index is 12.4. The van der Waals surface area contributed by atoms with Gasteiger partial charge < -0.3 is 15.5 Å². The van der Waals surface area contributed by atoms with E-state index in [4.69, 9.17) is 0 Å². The summed E-state index contributed by atoms with van der Waals surface area (Å²) in [7, 11) is 0. The molecule has 0 bridgehead atoms. The lowest BCUT2D eigenvalue weighted by Crippen LogP contribution is -2.45. The molecule has 3 N–H and O–H groups in total. The van der Waals surface area contributed by atoms with E-state index in [9.17, 15) is 15.0 Å². The van der Waals surface area contributed by atoms with Crippen LogP contribution in [0.2, 0.25) is 0 Å². The number of aliphatic hydroxyl groups excluding tert-OH is 2. The third-order valence-corrected chi connectivity index (χ3v) is 11.8. The monoisotopic (exact) mass is 812 g/mol. The predicted octanol–water partition coefficient (Wildman–Crippen LogP) is 16.7. The summed E-state index contributed by atoms with van der Waals surface area (Å²) in [4.78, 5) is 12.4. The summed E-state index contributed by atoms with van der Waals surface area (Å²) in [5.74, 6) is -0.0764. The number of carbonyl (C=O) groups excluding carboxylic acids is 1. The molecule has 1 amide bonds. The Bertz CT molecular complexity index is 923. The van der Waals surface area contributed by atoms with E-state index in [2.05, 4.69) is 55.6 Å². The number of hydrogen-bond donors (Lipinski definition) is 3. The lowest BCUT2D eigenvalue weighted by Gasteiger charge is -2.19. The van der Waals surface area contributed by atoms with Crippen molar-refractivity contribution in [2.75, 3.05) is 6.61 Å². The Labute approximate surface area is 363 Å². The maximum atomic E-state index is 12.4. The highest BCUT2D eigenvalue weighted by Crippen LogP contribution is 2.16. The zero-order chi connectivity index (χ0) is 42.1. The van der Waals surface area contributed by atoms with Gasteiger partial charge in [-0.2, -0.15) is 0 Å². The fourth-order valence-electron chi connectivity index (χ4n) is 7.79. The van der Waals surface area contributed by atoms with Crippen molar-refractivity contribution in [2.45, 2.75) is 283 Å². The molecule has 0 aliphatic heterocycles. The molecule has 2 atom stereocenters. The van der Waals surface area contributed by atoms with Gasteiger partial charge in [0.1, 0.15) is 0 Å². The second-order valence-electron chi connectivity index (χ2n) is 17.6. The first-order valence-corrected chi connectivity index (χ1v) is 25.9. The van der Waals surface area contributed by atoms with Gasteiger partial charge >= 0.3 is 0 Å². The molecule has 2 unspecified atom stereocenters. The van der Waals surface area contributed by atoms with E-state index in [1.165, 1.54) is 212 Å². The van der Waals surface area contributed by atoms with E-state index in [1.807, 2.05) is 6.08 Å². The van der Waals surface area contributed by atoms with Gasteiger partial charge in [0.15, 0.2) is 0 Å². The third kappa shape index (κ3) is 45.4. The number of carbonyl (C=O) groups is 1. The van der Waals surface area contributed by atoms with Crippen LogP contribution in [0.5, 0.6) is 0 Å². The number of rotatable bonds is 47. The molecule has 4 nitrogen and oxygen atoms in total. The minimum absolute atomic E-state index is 0.0764. The summed E-state index contributed by atoms with van der Waals surface area (Å²) >= 11 is 0. The molecule has 0 aromatic carbocycles. The highest BCUT2D eigenvalue weighted by molar-refractivity contribution is 5.76. The van der Waals surface area contributed by atoms with Gasteiger partial charge in [0, 0.05) is 6.42 Å². The van der Waals surface area contributed by atoms with E-state index >= 15 is 0 Å². The van der Waals surface area contributed by atoms with Crippen LogP contribution in [-0.4, -0.2) is 34.9 Å². The second-order valence-corrected chi connectivity index (χ2v) is 17.6. The Balaban J connectivity index is 3.47. The smallest absolute Gasteiger partial charge is 0.220 e. The lowest BCUT2D eigenvalue weighted by molar-refractivity contribution is -0.123. The van der Waals surface area contributed by atoms with E-state index in [1.54, 1.807) is 6.08 Å². The van der Waals surface area contributed by atoms with Crippen molar-refractivity contribution in [3.8, 4) is 0 Å². The van der Waals surface area contributed by atoms with Crippen LogP contribution >= 0.6 is 0 Å². The van der Waals surface area contributed by atoms with Gasteiger partial charge in [0.25, 0.3) is 0 Å². The number of amides is 1. The van der Waals surface area contributed by atoms with Crippen LogP contribution in [0.25, 0.3) is 0 Å². The van der Waals surface area contributed by atoms with Gasteiger partial charge in [-0.05, 0) is 70.6 Å². The molecule has 58 heavy (non-hydrogen) atoms. The molecule has 340 valence electrons. The van der Waals surface area contributed by atoms with Crippen molar-refractivity contribution in [1.82, 2.24) is 5.32 Å². The first kappa shape index (κ1) is 56.4. The quantitative estimate of drug-likeness (QED) is 0.0423. The minimum atomic E-state index is -0.869. The molecule has 0 saturated heterocycles. The summed E-state index contributed by atoms with van der Waals surface area (Å²) in [5, 5.41) is 23.0. The molecule has 0 radical (unpaired) electrons.